The summed E-state index contributed by atoms with van der Waals surface area (Å²) in [7, 11) is 0. The van der Waals surface area contributed by atoms with E-state index in [-0.39, 0.29) is 0 Å². The zero-order chi connectivity index (χ0) is 15.0. The molecule has 2 bridgehead atoms. The minimum Gasteiger partial charge on any atom is -0.481 e. The van der Waals surface area contributed by atoms with E-state index in [9.17, 15) is 4.79 Å². The molecule has 1 aromatic rings. The fraction of sp³-hybridized carbons (Fsp3) is 0.611. The molecule has 2 atom stereocenters. The fourth-order valence-corrected chi connectivity index (χ4v) is 4.23. The van der Waals surface area contributed by atoms with Gasteiger partial charge in [-0.1, -0.05) is 23.8 Å². The number of nitrogens with zero attached hydrogens (tertiary/aromatic N) is 1. The van der Waals surface area contributed by atoms with Crippen molar-refractivity contribution in [3.63, 3.8) is 0 Å². The number of carbonyl (C=O) groups is 1. The molecule has 114 valence electrons. The summed E-state index contributed by atoms with van der Waals surface area (Å²) in [4.78, 5) is 13.6. The summed E-state index contributed by atoms with van der Waals surface area (Å²) in [6.07, 6.45) is 4.96. The molecule has 3 heteroatoms. The molecule has 0 amide bonds. The summed E-state index contributed by atoms with van der Waals surface area (Å²) in [5, 5.41) is 9.01. The van der Waals surface area contributed by atoms with E-state index in [4.69, 9.17) is 5.11 Å². The van der Waals surface area contributed by atoms with Crippen LogP contribution < -0.4 is 0 Å². The predicted octanol–water partition coefficient (Wildman–Crippen LogP) is 3.52. The minimum atomic E-state index is -0.637. The van der Waals surface area contributed by atoms with Crippen LogP contribution in [0.3, 0.4) is 0 Å². The number of hydrogen-bond acceptors (Lipinski definition) is 2. The highest BCUT2D eigenvalue weighted by atomic mass is 16.4. The summed E-state index contributed by atoms with van der Waals surface area (Å²) in [5.41, 5.74) is 4.12. The standard InChI is InChI=1S/C18H25NO2/c1-12-3-4-13(2)15(7-12)11-19-16-5-6-17(19)9-14(8-16)10-18(20)21/h3-4,7,14,16-17H,5-6,8-11H2,1-2H3,(H,20,21). The molecular weight excluding hydrogens is 262 g/mol. The van der Waals surface area contributed by atoms with Gasteiger partial charge in [-0.25, -0.2) is 0 Å². The van der Waals surface area contributed by atoms with Crippen molar-refractivity contribution < 1.29 is 9.90 Å². The third kappa shape index (κ3) is 3.13. The topological polar surface area (TPSA) is 40.5 Å². The highest BCUT2D eigenvalue weighted by molar-refractivity contribution is 5.67. The van der Waals surface area contributed by atoms with Crippen LogP contribution >= 0.6 is 0 Å². The molecule has 2 aliphatic rings. The second kappa shape index (κ2) is 5.80. The van der Waals surface area contributed by atoms with Crippen molar-refractivity contribution in [1.29, 1.82) is 0 Å². The molecule has 1 aromatic carbocycles. The van der Waals surface area contributed by atoms with Crippen molar-refractivity contribution in [2.45, 2.75) is 64.6 Å². The Morgan fingerprint density at radius 3 is 2.52 bits per heavy atom. The number of aryl methyl sites for hydroxylation is 2. The van der Waals surface area contributed by atoms with E-state index in [2.05, 4.69) is 36.9 Å². The molecular formula is C18H25NO2. The smallest absolute Gasteiger partial charge is 0.303 e. The maximum Gasteiger partial charge on any atom is 0.303 e. The lowest BCUT2D eigenvalue weighted by Gasteiger charge is -2.39. The van der Waals surface area contributed by atoms with Crippen molar-refractivity contribution in [2.75, 3.05) is 0 Å². The van der Waals surface area contributed by atoms with Crippen molar-refractivity contribution in [2.24, 2.45) is 5.92 Å². The summed E-state index contributed by atoms with van der Waals surface area (Å²) < 4.78 is 0. The van der Waals surface area contributed by atoms with Gasteiger partial charge in [-0.3, -0.25) is 9.69 Å². The van der Waals surface area contributed by atoms with Crippen LogP contribution in [0.25, 0.3) is 0 Å². The van der Waals surface area contributed by atoms with Crippen LogP contribution in [-0.2, 0) is 11.3 Å². The van der Waals surface area contributed by atoms with E-state index in [1.54, 1.807) is 0 Å². The van der Waals surface area contributed by atoms with E-state index in [1.807, 2.05) is 0 Å². The van der Waals surface area contributed by atoms with Gasteiger partial charge in [0.05, 0.1) is 0 Å². The SMILES string of the molecule is Cc1ccc(C)c(CN2C3CCC2CC(CC(=O)O)C3)c1. The van der Waals surface area contributed by atoms with E-state index in [0.29, 0.717) is 24.4 Å². The van der Waals surface area contributed by atoms with E-state index in [0.717, 1.165) is 19.4 Å². The Bertz CT molecular complexity index is 526. The minimum absolute atomic E-state index is 0.352. The van der Waals surface area contributed by atoms with Gasteiger partial charge >= 0.3 is 5.97 Å². The first-order valence-electron chi connectivity index (χ1n) is 8.06. The zero-order valence-corrected chi connectivity index (χ0v) is 13.0. The van der Waals surface area contributed by atoms with Crippen LogP contribution in [0.1, 0.15) is 48.8 Å². The number of aliphatic carboxylic acids is 1. The number of rotatable bonds is 4. The van der Waals surface area contributed by atoms with E-state index in [1.165, 1.54) is 29.5 Å². The molecule has 1 N–H and O–H groups in total. The molecule has 2 fully saturated rings. The first-order valence-corrected chi connectivity index (χ1v) is 8.06. The maximum atomic E-state index is 10.9. The van der Waals surface area contributed by atoms with Gasteiger partial charge in [0.15, 0.2) is 0 Å². The van der Waals surface area contributed by atoms with Gasteiger partial charge in [-0.2, -0.15) is 0 Å². The van der Waals surface area contributed by atoms with Crippen molar-refractivity contribution in [1.82, 2.24) is 4.90 Å². The van der Waals surface area contributed by atoms with Gasteiger partial charge in [-0.05, 0) is 56.6 Å². The molecule has 3 rings (SSSR count). The number of carboxylic acids is 1. The number of fused-ring (bicyclic) bond motifs is 2. The Morgan fingerprint density at radius 2 is 1.90 bits per heavy atom. The monoisotopic (exact) mass is 287 g/mol. The Hall–Kier alpha value is -1.35. The van der Waals surface area contributed by atoms with Gasteiger partial charge in [0.25, 0.3) is 0 Å². The molecule has 0 spiro atoms. The largest absolute Gasteiger partial charge is 0.481 e. The van der Waals surface area contributed by atoms with Crippen LogP contribution in [-0.4, -0.2) is 28.1 Å². The molecule has 2 unspecified atom stereocenters. The summed E-state index contributed by atoms with van der Waals surface area (Å²) in [6.45, 7) is 5.37. The average molecular weight is 287 g/mol. The van der Waals surface area contributed by atoms with Crippen LogP contribution in [0.5, 0.6) is 0 Å². The lowest BCUT2D eigenvalue weighted by Crippen LogP contribution is -2.42. The Balaban J connectivity index is 1.71. The van der Waals surface area contributed by atoms with Gasteiger partial charge in [0.2, 0.25) is 0 Å². The molecule has 2 heterocycles. The Morgan fingerprint density at radius 1 is 1.24 bits per heavy atom. The second-order valence-electron chi connectivity index (χ2n) is 6.92. The Labute approximate surface area is 127 Å². The average Bonchev–Trinajstić information content (AvgIpc) is 2.65. The normalized spacial score (nSPS) is 28.8. The predicted molar refractivity (Wildman–Crippen MR) is 83.2 cm³/mol. The first kappa shape index (κ1) is 14.6. The van der Waals surface area contributed by atoms with Crippen LogP contribution in [0.4, 0.5) is 0 Å². The number of carboxylic acid groups (broad SMARTS) is 1. The lowest BCUT2D eigenvalue weighted by atomic mass is 9.87. The molecule has 21 heavy (non-hydrogen) atoms. The number of hydrogen-bond donors (Lipinski definition) is 1. The first-order chi connectivity index (χ1) is 10.0. The van der Waals surface area contributed by atoms with Gasteiger partial charge in [0, 0.05) is 25.0 Å². The summed E-state index contributed by atoms with van der Waals surface area (Å²) in [6, 6.07) is 7.87. The quantitative estimate of drug-likeness (QED) is 0.921. The molecule has 2 saturated heterocycles. The summed E-state index contributed by atoms with van der Waals surface area (Å²) >= 11 is 0. The van der Waals surface area contributed by atoms with Crippen molar-refractivity contribution in [3.05, 3.63) is 34.9 Å². The van der Waals surface area contributed by atoms with Gasteiger partial charge in [-0.15, -0.1) is 0 Å². The van der Waals surface area contributed by atoms with Gasteiger partial charge < -0.3 is 5.11 Å². The second-order valence-corrected chi connectivity index (χ2v) is 6.92. The van der Waals surface area contributed by atoms with Crippen molar-refractivity contribution in [3.8, 4) is 0 Å². The zero-order valence-electron chi connectivity index (χ0n) is 13.0. The number of piperidine rings is 1. The molecule has 0 radical (unpaired) electrons. The molecule has 0 aromatic heterocycles. The van der Waals surface area contributed by atoms with Crippen LogP contribution in [0.2, 0.25) is 0 Å². The third-order valence-corrected chi connectivity index (χ3v) is 5.30. The fourth-order valence-electron chi connectivity index (χ4n) is 4.23. The summed E-state index contributed by atoms with van der Waals surface area (Å²) in [5.74, 6) is -0.253. The third-order valence-electron chi connectivity index (χ3n) is 5.30. The highest BCUT2D eigenvalue weighted by Gasteiger charge is 2.40. The maximum absolute atomic E-state index is 10.9. The highest BCUT2D eigenvalue weighted by Crippen LogP contribution is 2.40. The lowest BCUT2D eigenvalue weighted by molar-refractivity contribution is -0.138. The number of benzene rings is 1. The molecule has 0 aliphatic carbocycles. The molecule has 2 aliphatic heterocycles. The van der Waals surface area contributed by atoms with Gasteiger partial charge in [0.1, 0.15) is 0 Å². The van der Waals surface area contributed by atoms with Crippen LogP contribution in [0.15, 0.2) is 18.2 Å². The Kier molecular flexibility index (Phi) is 4.03. The molecule has 0 saturated carbocycles. The van der Waals surface area contributed by atoms with Crippen molar-refractivity contribution >= 4 is 5.97 Å². The van der Waals surface area contributed by atoms with Crippen LogP contribution in [0, 0.1) is 19.8 Å². The van der Waals surface area contributed by atoms with E-state index >= 15 is 0 Å². The molecule has 3 nitrogen and oxygen atoms in total. The van der Waals surface area contributed by atoms with E-state index < -0.39 is 5.97 Å².